The lowest BCUT2D eigenvalue weighted by atomic mass is 10.0. The van der Waals surface area contributed by atoms with E-state index in [0.29, 0.717) is 22.8 Å². The van der Waals surface area contributed by atoms with Gasteiger partial charge in [0.2, 0.25) is 11.7 Å². The summed E-state index contributed by atoms with van der Waals surface area (Å²) in [6.45, 7) is 7.14. The summed E-state index contributed by atoms with van der Waals surface area (Å²) in [7, 11) is 0. The molecule has 2 N–H and O–H groups in total. The van der Waals surface area contributed by atoms with Gasteiger partial charge in [-0.3, -0.25) is 14.5 Å². The number of hydrogen-bond acceptors (Lipinski definition) is 7. The van der Waals surface area contributed by atoms with Crippen LogP contribution in [0.3, 0.4) is 0 Å². The minimum Gasteiger partial charge on any atom is -0.508 e. The van der Waals surface area contributed by atoms with Crippen LogP contribution in [0.1, 0.15) is 38.1 Å². The van der Waals surface area contributed by atoms with Gasteiger partial charge in [0.05, 0.1) is 0 Å². The third-order valence-corrected chi connectivity index (χ3v) is 5.21. The van der Waals surface area contributed by atoms with Crippen LogP contribution >= 0.6 is 0 Å². The van der Waals surface area contributed by atoms with Crippen LogP contribution in [0.25, 0.3) is 11.6 Å². The van der Waals surface area contributed by atoms with E-state index in [9.17, 15) is 14.7 Å². The van der Waals surface area contributed by atoms with E-state index in [-0.39, 0.29) is 24.0 Å². The average Bonchev–Trinajstić information content (AvgIpc) is 3.46. The largest absolute Gasteiger partial charge is 0.508 e. The van der Waals surface area contributed by atoms with Gasteiger partial charge in [-0.15, -0.1) is 10.2 Å². The van der Waals surface area contributed by atoms with Crippen molar-refractivity contribution in [2.75, 3.05) is 4.90 Å². The summed E-state index contributed by atoms with van der Waals surface area (Å²) in [5, 5.41) is 25.0. The molecule has 1 atom stereocenters. The normalized spacial score (nSPS) is 12.2. The monoisotopic (exact) mass is 488 g/mol. The number of furan rings is 1. The van der Waals surface area contributed by atoms with Crippen LogP contribution in [0, 0.1) is 6.92 Å². The second kappa shape index (κ2) is 10.0. The first-order valence-corrected chi connectivity index (χ1v) is 11.4. The lowest BCUT2D eigenvalue weighted by Crippen LogP contribution is -2.50. The van der Waals surface area contributed by atoms with Gasteiger partial charge in [-0.1, -0.05) is 30.3 Å². The number of carbonyl (C=O) groups excluding carboxylic acids is 2. The second-order valence-corrected chi connectivity index (χ2v) is 9.39. The third-order valence-electron chi connectivity index (χ3n) is 5.21. The van der Waals surface area contributed by atoms with Crippen molar-refractivity contribution in [1.82, 2.24) is 25.5 Å². The van der Waals surface area contributed by atoms with E-state index in [1.807, 2.05) is 26.8 Å². The topological polar surface area (TPSA) is 126 Å². The quantitative estimate of drug-likeness (QED) is 0.407. The van der Waals surface area contributed by atoms with Gasteiger partial charge in [-0.2, -0.15) is 4.80 Å². The standard InChI is InChI=1S/C26H28N6O4/c1-17-10-15-21(36-17)24-28-30-31(29-24)16-22(34)32(19-8-6-5-7-9-19)23(25(35)27-26(2,3)4)18-11-13-20(33)14-12-18/h5-15,23,33H,16H2,1-4H3,(H,27,35)/t23-/m1/s1. The van der Waals surface area contributed by atoms with E-state index in [2.05, 4.69) is 20.7 Å². The van der Waals surface area contributed by atoms with Crippen LogP contribution < -0.4 is 10.2 Å². The van der Waals surface area contributed by atoms with Crippen molar-refractivity contribution >= 4 is 17.5 Å². The fourth-order valence-electron chi connectivity index (χ4n) is 3.70. The Balaban J connectivity index is 1.72. The number of nitrogens with one attached hydrogen (secondary N) is 1. The van der Waals surface area contributed by atoms with Crippen LogP contribution in [0.5, 0.6) is 5.75 Å². The van der Waals surface area contributed by atoms with Gasteiger partial charge in [0, 0.05) is 11.2 Å². The number of phenols is 1. The lowest BCUT2D eigenvalue weighted by Gasteiger charge is -2.33. The molecule has 2 amide bonds. The molecule has 186 valence electrons. The molecule has 4 aromatic rings. The van der Waals surface area contributed by atoms with Crippen LogP contribution in [-0.4, -0.2) is 42.7 Å². The van der Waals surface area contributed by atoms with Gasteiger partial charge >= 0.3 is 0 Å². The summed E-state index contributed by atoms with van der Waals surface area (Å²) >= 11 is 0. The summed E-state index contributed by atoms with van der Waals surface area (Å²) in [5.41, 5.74) is 0.512. The Morgan fingerprint density at radius 2 is 1.75 bits per heavy atom. The number of nitrogens with zero attached hydrogens (tertiary/aromatic N) is 5. The number of carbonyl (C=O) groups is 2. The Kier molecular flexibility index (Phi) is 6.86. The van der Waals surface area contributed by atoms with Crippen molar-refractivity contribution < 1.29 is 19.1 Å². The molecule has 0 saturated heterocycles. The number of hydrogen-bond donors (Lipinski definition) is 2. The van der Waals surface area contributed by atoms with Crippen molar-refractivity contribution in [3.63, 3.8) is 0 Å². The average molecular weight is 489 g/mol. The fraction of sp³-hybridized carbons (Fsp3) is 0.269. The minimum absolute atomic E-state index is 0.0545. The first-order chi connectivity index (χ1) is 17.1. The summed E-state index contributed by atoms with van der Waals surface area (Å²) in [5.74, 6) is 0.653. The number of tetrazole rings is 1. The van der Waals surface area contributed by atoms with Gasteiger partial charge < -0.3 is 14.8 Å². The van der Waals surface area contributed by atoms with E-state index in [0.717, 1.165) is 0 Å². The Hall–Kier alpha value is -4.47. The van der Waals surface area contributed by atoms with Crippen LogP contribution in [-0.2, 0) is 16.1 Å². The molecule has 0 aliphatic heterocycles. The maximum atomic E-state index is 13.8. The molecule has 2 heterocycles. The molecule has 0 radical (unpaired) electrons. The smallest absolute Gasteiger partial charge is 0.251 e. The zero-order valence-electron chi connectivity index (χ0n) is 20.5. The SMILES string of the molecule is Cc1ccc(-c2nnn(CC(=O)N(c3ccccc3)[C@@H](C(=O)NC(C)(C)C)c3ccc(O)cc3)n2)o1. The van der Waals surface area contributed by atoms with E-state index < -0.39 is 17.5 Å². The van der Waals surface area contributed by atoms with Gasteiger partial charge in [-0.25, -0.2) is 0 Å². The van der Waals surface area contributed by atoms with E-state index >= 15 is 0 Å². The third kappa shape index (κ3) is 5.77. The molecule has 4 rings (SSSR count). The van der Waals surface area contributed by atoms with E-state index in [1.54, 1.807) is 55.5 Å². The predicted octanol–water partition coefficient (Wildman–Crippen LogP) is 3.64. The summed E-state index contributed by atoms with van der Waals surface area (Å²) in [6, 6.07) is 17.6. The first-order valence-electron chi connectivity index (χ1n) is 11.4. The summed E-state index contributed by atoms with van der Waals surface area (Å²) < 4.78 is 5.54. The highest BCUT2D eigenvalue weighted by Gasteiger charge is 2.34. The Labute approximate surface area is 208 Å². The molecule has 0 aliphatic carbocycles. The van der Waals surface area contributed by atoms with Crippen LogP contribution in [0.2, 0.25) is 0 Å². The van der Waals surface area contributed by atoms with Gasteiger partial charge in [-0.05, 0) is 74.9 Å². The zero-order chi connectivity index (χ0) is 25.9. The molecule has 0 spiro atoms. The Morgan fingerprint density at radius 3 is 2.36 bits per heavy atom. The van der Waals surface area contributed by atoms with Crippen LogP contribution in [0.15, 0.2) is 71.1 Å². The highest BCUT2D eigenvalue weighted by molar-refractivity contribution is 6.01. The fourth-order valence-corrected chi connectivity index (χ4v) is 3.70. The maximum Gasteiger partial charge on any atom is 0.251 e. The number of anilines is 1. The summed E-state index contributed by atoms with van der Waals surface area (Å²) in [6.07, 6.45) is 0. The zero-order valence-corrected chi connectivity index (χ0v) is 20.5. The number of para-hydroxylation sites is 1. The molecule has 36 heavy (non-hydrogen) atoms. The molecule has 0 bridgehead atoms. The number of rotatable bonds is 7. The molecule has 10 nitrogen and oxygen atoms in total. The van der Waals surface area contributed by atoms with Gasteiger partial charge in [0.15, 0.2) is 5.76 Å². The van der Waals surface area contributed by atoms with Gasteiger partial charge in [0.1, 0.15) is 24.1 Å². The molecular weight excluding hydrogens is 460 g/mol. The molecule has 0 unspecified atom stereocenters. The van der Waals surface area contributed by atoms with Gasteiger partial charge in [0.25, 0.3) is 5.91 Å². The molecular formula is C26H28N6O4. The van der Waals surface area contributed by atoms with Crippen molar-refractivity contribution in [2.24, 2.45) is 0 Å². The molecule has 0 aliphatic rings. The second-order valence-electron chi connectivity index (χ2n) is 9.39. The van der Waals surface area contributed by atoms with Crippen molar-refractivity contribution in [1.29, 1.82) is 0 Å². The van der Waals surface area contributed by atoms with Crippen molar-refractivity contribution in [3.05, 3.63) is 78.1 Å². The Bertz CT molecular complexity index is 1340. The first kappa shape index (κ1) is 24.6. The number of aromatic nitrogens is 4. The highest BCUT2D eigenvalue weighted by atomic mass is 16.3. The minimum atomic E-state index is -1.02. The molecule has 2 aromatic heterocycles. The number of aryl methyl sites for hydroxylation is 1. The Morgan fingerprint density at radius 1 is 1.06 bits per heavy atom. The van der Waals surface area contributed by atoms with E-state index in [4.69, 9.17) is 4.42 Å². The number of aromatic hydroxyl groups is 1. The maximum absolute atomic E-state index is 13.8. The summed E-state index contributed by atoms with van der Waals surface area (Å²) in [4.78, 5) is 29.9. The molecule has 2 aromatic carbocycles. The lowest BCUT2D eigenvalue weighted by molar-refractivity contribution is -0.128. The van der Waals surface area contributed by atoms with Crippen LogP contribution in [0.4, 0.5) is 5.69 Å². The van der Waals surface area contributed by atoms with Crippen molar-refractivity contribution in [2.45, 2.75) is 45.8 Å². The highest BCUT2D eigenvalue weighted by Crippen LogP contribution is 2.30. The molecule has 0 fully saturated rings. The van der Waals surface area contributed by atoms with E-state index in [1.165, 1.54) is 21.8 Å². The number of benzene rings is 2. The van der Waals surface area contributed by atoms with Crippen molar-refractivity contribution in [3.8, 4) is 17.3 Å². The molecule has 10 heteroatoms. The number of phenolic OH excluding ortho intramolecular Hbond substituents is 1. The predicted molar refractivity (Wildman–Crippen MR) is 133 cm³/mol. The molecule has 0 saturated carbocycles. The number of amides is 2.